The Hall–Kier alpha value is -2.76. The van der Waals surface area contributed by atoms with Crippen molar-refractivity contribution in [2.75, 3.05) is 20.0 Å². The number of aryl methyl sites for hydroxylation is 1. The van der Waals surface area contributed by atoms with E-state index >= 15 is 0 Å². The number of ether oxygens (including phenoxy) is 2. The second kappa shape index (κ2) is 7.64. The number of fused-ring (bicyclic) bond motifs is 1. The number of benzene rings is 1. The molecule has 2 N–H and O–H groups in total. The molecule has 0 unspecified atom stereocenters. The van der Waals surface area contributed by atoms with Gasteiger partial charge in [-0.2, -0.15) is 0 Å². The first-order valence-corrected chi connectivity index (χ1v) is 8.82. The molecule has 1 aromatic heterocycles. The lowest BCUT2D eigenvalue weighted by atomic mass is 10.0. The number of methoxy groups -OCH3 is 2. The number of nitrogens with two attached hydrogens (primary N) is 1. The summed E-state index contributed by atoms with van der Waals surface area (Å²) in [6.07, 6.45) is 4.16. The largest absolute Gasteiger partial charge is 0.465 e. The lowest BCUT2D eigenvalue weighted by Gasteiger charge is -2.09. The van der Waals surface area contributed by atoms with Crippen LogP contribution in [-0.2, 0) is 35.3 Å². The summed E-state index contributed by atoms with van der Waals surface area (Å²) in [5, 5.41) is 0. The first-order valence-electron chi connectivity index (χ1n) is 8.82. The van der Waals surface area contributed by atoms with Crippen LogP contribution < -0.4 is 5.73 Å². The number of nitrogen functional groups attached to an aromatic ring is 1. The number of hydrogen-bond donors (Lipinski definition) is 1. The fourth-order valence-corrected chi connectivity index (χ4v) is 3.70. The van der Waals surface area contributed by atoms with E-state index in [1.165, 1.54) is 19.8 Å². The number of carbonyl (C=O) groups is 2. The molecule has 0 amide bonds. The van der Waals surface area contributed by atoms with Crippen molar-refractivity contribution < 1.29 is 19.1 Å². The van der Waals surface area contributed by atoms with Crippen molar-refractivity contribution in [2.45, 2.75) is 38.6 Å². The highest BCUT2D eigenvalue weighted by Gasteiger charge is 2.33. The van der Waals surface area contributed by atoms with Crippen molar-refractivity contribution in [2.24, 2.45) is 0 Å². The number of anilines is 1. The van der Waals surface area contributed by atoms with E-state index in [2.05, 4.69) is 4.57 Å². The molecule has 0 spiro atoms. The van der Waals surface area contributed by atoms with Gasteiger partial charge in [-0.05, 0) is 49.8 Å². The number of hydrogen-bond acceptors (Lipinski definition) is 5. The summed E-state index contributed by atoms with van der Waals surface area (Å²) >= 11 is 0. The van der Waals surface area contributed by atoms with E-state index in [-0.39, 0.29) is 0 Å². The molecule has 26 heavy (non-hydrogen) atoms. The van der Waals surface area contributed by atoms with Crippen LogP contribution in [0, 0.1) is 0 Å². The average Bonchev–Trinajstić information content (AvgIpc) is 3.23. The topological polar surface area (TPSA) is 83.6 Å². The zero-order valence-electron chi connectivity index (χ0n) is 15.2. The van der Waals surface area contributed by atoms with E-state index in [0.29, 0.717) is 17.5 Å². The minimum atomic E-state index is -0.477. The standard InChI is InChI=1S/C20H24N2O4/c1-25-19(23)17-15(6-3-5-13-8-10-14(21)11-9-13)22-12-4-7-16(22)18(17)20(24)26-2/h8-11H,3-7,12,21H2,1-2H3. The van der Waals surface area contributed by atoms with Gasteiger partial charge in [-0.25, -0.2) is 9.59 Å². The molecule has 0 radical (unpaired) electrons. The van der Waals surface area contributed by atoms with E-state index < -0.39 is 11.9 Å². The van der Waals surface area contributed by atoms with Crippen LogP contribution in [0.2, 0.25) is 0 Å². The van der Waals surface area contributed by atoms with Crippen molar-refractivity contribution in [3.63, 3.8) is 0 Å². The zero-order chi connectivity index (χ0) is 18.7. The predicted octanol–water partition coefficient (Wildman–Crippen LogP) is 2.77. The number of esters is 2. The third kappa shape index (κ3) is 3.31. The van der Waals surface area contributed by atoms with Crippen LogP contribution in [0.1, 0.15) is 50.5 Å². The Morgan fingerprint density at radius 3 is 2.35 bits per heavy atom. The Morgan fingerprint density at radius 2 is 1.69 bits per heavy atom. The lowest BCUT2D eigenvalue weighted by Crippen LogP contribution is -2.13. The molecule has 0 atom stereocenters. The first kappa shape index (κ1) is 18.0. The van der Waals surface area contributed by atoms with Gasteiger partial charge in [-0.1, -0.05) is 12.1 Å². The van der Waals surface area contributed by atoms with Crippen LogP contribution in [0.3, 0.4) is 0 Å². The second-order valence-electron chi connectivity index (χ2n) is 6.48. The van der Waals surface area contributed by atoms with Crippen LogP contribution in [0.25, 0.3) is 0 Å². The van der Waals surface area contributed by atoms with Gasteiger partial charge in [0, 0.05) is 23.6 Å². The van der Waals surface area contributed by atoms with Gasteiger partial charge in [-0.15, -0.1) is 0 Å². The smallest absolute Gasteiger partial charge is 0.340 e. The number of rotatable bonds is 6. The van der Waals surface area contributed by atoms with Gasteiger partial charge >= 0.3 is 11.9 Å². The number of nitrogens with zero attached hydrogens (tertiary/aromatic N) is 1. The molecular weight excluding hydrogens is 332 g/mol. The SMILES string of the molecule is COC(=O)c1c(C(=O)OC)c2n(c1CCCc1ccc(N)cc1)CCC2. The van der Waals surface area contributed by atoms with Crippen LogP contribution in [0.5, 0.6) is 0 Å². The Morgan fingerprint density at radius 1 is 1.04 bits per heavy atom. The van der Waals surface area contributed by atoms with Crippen molar-refractivity contribution in [1.29, 1.82) is 0 Å². The molecule has 0 aliphatic carbocycles. The summed E-state index contributed by atoms with van der Waals surface area (Å²) in [5.74, 6) is -0.949. The van der Waals surface area contributed by atoms with Gasteiger partial charge in [0.15, 0.2) is 0 Å². The summed E-state index contributed by atoms with van der Waals surface area (Å²) < 4.78 is 12.0. The molecule has 1 aliphatic rings. The highest BCUT2D eigenvalue weighted by Crippen LogP contribution is 2.31. The Labute approximate surface area is 152 Å². The highest BCUT2D eigenvalue weighted by molar-refractivity contribution is 6.05. The monoisotopic (exact) mass is 356 g/mol. The van der Waals surface area contributed by atoms with Crippen LogP contribution >= 0.6 is 0 Å². The molecule has 6 heteroatoms. The summed E-state index contributed by atoms with van der Waals surface area (Å²) in [7, 11) is 2.67. The fraction of sp³-hybridized carbons (Fsp3) is 0.400. The minimum Gasteiger partial charge on any atom is -0.465 e. The van der Waals surface area contributed by atoms with E-state index in [4.69, 9.17) is 15.2 Å². The van der Waals surface area contributed by atoms with Crippen molar-refractivity contribution >= 4 is 17.6 Å². The average molecular weight is 356 g/mol. The van der Waals surface area contributed by atoms with E-state index in [0.717, 1.165) is 49.3 Å². The van der Waals surface area contributed by atoms with Gasteiger partial charge in [0.25, 0.3) is 0 Å². The summed E-state index contributed by atoms with van der Waals surface area (Å²) in [5.41, 5.74) is 10.2. The third-order valence-electron chi connectivity index (χ3n) is 4.91. The van der Waals surface area contributed by atoms with Gasteiger partial charge in [0.05, 0.1) is 25.3 Å². The van der Waals surface area contributed by atoms with E-state index in [9.17, 15) is 9.59 Å². The maximum absolute atomic E-state index is 12.4. The molecule has 0 saturated carbocycles. The number of carbonyl (C=O) groups excluding carboxylic acids is 2. The van der Waals surface area contributed by atoms with Gasteiger partial charge < -0.3 is 19.8 Å². The quantitative estimate of drug-likeness (QED) is 0.635. The lowest BCUT2D eigenvalue weighted by molar-refractivity contribution is 0.0554. The maximum atomic E-state index is 12.4. The Balaban J connectivity index is 1.89. The summed E-state index contributed by atoms with van der Waals surface area (Å²) in [6, 6.07) is 7.80. The molecule has 2 aromatic rings. The summed E-state index contributed by atoms with van der Waals surface area (Å²) in [4.78, 5) is 24.7. The molecule has 0 bridgehead atoms. The van der Waals surface area contributed by atoms with Gasteiger partial charge in [0.1, 0.15) is 0 Å². The molecule has 3 rings (SSSR count). The molecule has 0 saturated heterocycles. The Bertz CT molecular complexity index is 821. The van der Waals surface area contributed by atoms with Crippen LogP contribution in [0.4, 0.5) is 5.69 Å². The van der Waals surface area contributed by atoms with Crippen molar-refractivity contribution in [3.05, 3.63) is 52.3 Å². The normalized spacial score (nSPS) is 12.7. The van der Waals surface area contributed by atoms with Crippen molar-refractivity contribution in [1.82, 2.24) is 4.57 Å². The van der Waals surface area contributed by atoms with E-state index in [1.54, 1.807) is 0 Å². The Kier molecular flexibility index (Phi) is 5.30. The molecule has 1 aliphatic heterocycles. The zero-order valence-corrected chi connectivity index (χ0v) is 15.2. The molecular formula is C20H24N2O4. The molecule has 138 valence electrons. The molecule has 1 aromatic carbocycles. The van der Waals surface area contributed by atoms with Crippen molar-refractivity contribution in [3.8, 4) is 0 Å². The minimum absolute atomic E-state index is 0.367. The number of aromatic nitrogens is 1. The third-order valence-corrected chi connectivity index (χ3v) is 4.91. The second-order valence-corrected chi connectivity index (χ2v) is 6.48. The summed E-state index contributed by atoms with van der Waals surface area (Å²) in [6.45, 7) is 0.813. The maximum Gasteiger partial charge on any atom is 0.340 e. The first-order chi connectivity index (χ1) is 12.6. The predicted molar refractivity (Wildman–Crippen MR) is 98.3 cm³/mol. The van der Waals surface area contributed by atoms with E-state index in [1.807, 2.05) is 24.3 Å². The highest BCUT2D eigenvalue weighted by atomic mass is 16.5. The molecule has 0 fully saturated rings. The van der Waals surface area contributed by atoms with Crippen LogP contribution in [-0.4, -0.2) is 30.7 Å². The van der Waals surface area contributed by atoms with Gasteiger partial charge in [0.2, 0.25) is 0 Å². The van der Waals surface area contributed by atoms with Crippen LogP contribution in [0.15, 0.2) is 24.3 Å². The van der Waals surface area contributed by atoms with Gasteiger partial charge in [-0.3, -0.25) is 0 Å². The molecule has 2 heterocycles. The fourth-order valence-electron chi connectivity index (χ4n) is 3.70. The molecule has 6 nitrogen and oxygen atoms in total.